The van der Waals surface area contributed by atoms with E-state index >= 15 is 0 Å². The molecule has 0 fully saturated rings. The highest BCUT2D eigenvalue weighted by Crippen LogP contribution is 2.24. The van der Waals surface area contributed by atoms with Gasteiger partial charge in [-0.1, -0.05) is 59.8 Å². The van der Waals surface area contributed by atoms with Gasteiger partial charge in [-0.2, -0.15) is 0 Å². The maximum Gasteiger partial charge on any atom is 0.233 e. The van der Waals surface area contributed by atoms with Gasteiger partial charge in [0.15, 0.2) is 22.5 Å². The molecule has 0 saturated carbocycles. The van der Waals surface area contributed by atoms with E-state index in [0.29, 0.717) is 24.1 Å². The van der Waals surface area contributed by atoms with E-state index in [2.05, 4.69) is 22.1 Å². The molecule has 1 heterocycles. The molecule has 162 valence electrons. The van der Waals surface area contributed by atoms with E-state index in [1.807, 2.05) is 42.7 Å². The van der Waals surface area contributed by atoms with Crippen LogP contribution in [-0.2, 0) is 24.5 Å². The first-order valence-electron chi connectivity index (χ1n) is 9.88. The fourth-order valence-electron chi connectivity index (χ4n) is 2.78. The Kier molecular flexibility index (Phi) is 7.83. The van der Waals surface area contributed by atoms with Crippen LogP contribution in [0.15, 0.2) is 66.3 Å². The molecule has 8 heteroatoms. The lowest BCUT2D eigenvalue weighted by Crippen LogP contribution is -2.30. The summed E-state index contributed by atoms with van der Waals surface area (Å²) in [5.74, 6) is 0.139. The van der Waals surface area contributed by atoms with Crippen molar-refractivity contribution >= 4 is 17.7 Å². The number of nitrogens with zero attached hydrogens (tertiary/aromatic N) is 3. The number of benzene rings is 2. The van der Waals surface area contributed by atoms with E-state index < -0.39 is 5.82 Å². The van der Waals surface area contributed by atoms with Crippen molar-refractivity contribution in [2.45, 2.75) is 44.0 Å². The number of halogens is 1. The largest absolute Gasteiger partial charge is 0.483 e. The van der Waals surface area contributed by atoms with Crippen molar-refractivity contribution in [2.24, 2.45) is 0 Å². The summed E-state index contributed by atoms with van der Waals surface area (Å²) in [4.78, 5) is 12.5. The van der Waals surface area contributed by atoms with Gasteiger partial charge in [0.05, 0.1) is 5.25 Å². The molecule has 0 aliphatic heterocycles. The van der Waals surface area contributed by atoms with E-state index in [1.54, 1.807) is 24.3 Å². The predicted molar refractivity (Wildman–Crippen MR) is 119 cm³/mol. The van der Waals surface area contributed by atoms with E-state index in [1.165, 1.54) is 23.4 Å². The van der Waals surface area contributed by atoms with Gasteiger partial charge < -0.3 is 10.1 Å². The first-order chi connectivity index (χ1) is 15.0. The summed E-state index contributed by atoms with van der Waals surface area (Å²) in [6.07, 6.45) is 1.71. The first-order valence-corrected chi connectivity index (χ1v) is 10.8. The number of aryl methyl sites for hydroxylation is 1. The van der Waals surface area contributed by atoms with Crippen LogP contribution in [0.5, 0.6) is 5.75 Å². The number of rotatable bonds is 10. The van der Waals surface area contributed by atoms with Gasteiger partial charge in [0, 0.05) is 13.1 Å². The number of ether oxygens (including phenoxy) is 1. The van der Waals surface area contributed by atoms with Crippen LogP contribution in [0.3, 0.4) is 0 Å². The highest BCUT2D eigenvalue weighted by molar-refractivity contribution is 8.00. The number of amides is 1. The van der Waals surface area contributed by atoms with Crippen molar-refractivity contribution in [3.05, 3.63) is 84.0 Å². The number of carbonyl (C=O) groups is 1. The molecule has 1 N–H and O–H groups in total. The Morgan fingerprint density at radius 3 is 2.71 bits per heavy atom. The Morgan fingerprint density at radius 1 is 1.26 bits per heavy atom. The number of aromatic nitrogens is 3. The van der Waals surface area contributed by atoms with Crippen LogP contribution in [0.1, 0.15) is 23.9 Å². The molecule has 0 spiro atoms. The second-order valence-corrected chi connectivity index (χ2v) is 8.29. The second-order valence-electron chi connectivity index (χ2n) is 6.98. The Bertz CT molecular complexity index is 1040. The number of nitrogens with one attached hydrogen (secondary N) is 1. The number of thioether (sulfide) groups is 1. The Labute approximate surface area is 185 Å². The minimum absolute atomic E-state index is 0.0519. The van der Waals surface area contributed by atoms with Crippen molar-refractivity contribution in [1.82, 2.24) is 20.1 Å². The molecule has 0 radical (unpaired) electrons. The van der Waals surface area contributed by atoms with Gasteiger partial charge in [0.1, 0.15) is 6.61 Å². The molecule has 0 aliphatic rings. The van der Waals surface area contributed by atoms with Gasteiger partial charge in [-0.15, -0.1) is 16.8 Å². The van der Waals surface area contributed by atoms with Crippen molar-refractivity contribution < 1.29 is 13.9 Å². The number of carbonyl (C=O) groups excluding carboxylic acids is 1. The fourth-order valence-corrected chi connectivity index (χ4v) is 3.68. The molecule has 0 saturated heterocycles. The van der Waals surface area contributed by atoms with Crippen LogP contribution < -0.4 is 10.1 Å². The molecule has 1 unspecified atom stereocenters. The lowest BCUT2D eigenvalue weighted by atomic mass is 10.1. The third kappa shape index (κ3) is 6.18. The molecule has 3 aromatic rings. The lowest BCUT2D eigenvalue weighted by molar-refractivity contribution is -0.120. The molecule has 6 nitrogen and oxygen atoms in total. The molecule has 2 aromatic carbocycles. The van der Waals surface area contributed by atoms with Crippen molar-refractivity contribution in [1.29, 1.82) is 0 Å². The maximum atomic E-state index is 13.8. The van der Waals surface area contributed by atoms with Crippen LogP contribution in [0.4, 0.5) is 4.39 Å². The van der Waals surface area contributed by atoms with Crippen LogP contribution in [0.25, 0.3) is 0 Å². The van der Waals surface area contributed by atoms with Crippen LogP contribution >= 0.6 is 11.8 Å². The molecular weight excluding hydrogens is 415 g/mol. The summed E-state index contributed by atoms with van der Waals surface area (Å²) in [6, 6.07) is 14.2. The SMILES string of the molecule is C=CCn1c(COc2ccccc2F)nnc1SC(C)C(=O)NCc1ccc(C)cc1. The summed E-state index contributed by atoms with van der Waals surface area (Å²) in [6.45, 7) is 8.57. The summed E-state index contributed by atoms with van der Waals surface area (Å²) >= 11 is 1.30. The highest BCUT2D eigenvalue weighted by atomic mass is 32.2. The van der Waals surface area contributed by atoms with Gasteiger partial charge in [0.2, 0.25) is 5.91 Å². The van der Waals surface area contributed by atoms with Gasteiger partial charge in [0.25, 0.3) is 0 Å². The number of allylic oxidation sites excluding steroid dienone is 1. The normalized spacial score (nSPS) is 11.7. The summed E-state index contributed by atoms with van der Waals surface area (Å²) < 4.78 is 21.1. The summed E-state index contributed by atoms with van der Waals surface area (Å²) in [5.41, 5.74) is 2.22. The van der Waals surface area contributed by atoms with Gasteiger partial charge in [-0.25, -0.2) is 4.39 Å². The fraction of sp³-hybridized carbons (Fsp3) is 0.261. The molecule has 0 bridgehead atoms. The third-order valence-electron chi connectivity index (χ3n) is 4.54. The van der Waals surface area contributed by atoms with E-state index in [4.69, 9.17) is 4.74 Å². The van der Waals surface area contributed by atoms with E-state index in [-0.39, 0.29) is 23.5 Å². The van der Waals surface area contributed by atoms with Crippen molar-refractivity contribution in [3.8, 4) is 5.75 Å². The highest BCUT2D eigenvalue weighted by Gasteiger charge is 2.20. The lowest BCUT2D eigenvalue weighted by Gasteiger charge is -2.13. The first kappa shape index (κ1) is 22.6. The third-order valence-corrected chi connectivity index (χ3v) is 5.62. The minimum Gasteiger partial charge on any atom is -0.483 e. The topological polar surface area (TPSA) is 69.0 Å². The van der Waals surface area contributed by atoms with Crippen LogP contribution in [0.2, 0.25) is 0 Å². The number of para-hydroxylation sites is 1. The average molecular weight is 441 g/mol. The maximum absolute atomic E-state index is 13.8. The summed E-state index contributed by atoms with van der Waals surface area (Å²) in [7, 11) is 0. The van der Waals surface area contributed by atoms with Crippen molar-refractivity contribution in [3.63, 3.8) is 0 Å². The van der Waals surface area contributed by atoms with E-state index in [9.17, 15) is 9.18 Å². The standard InChI is InChI=1S/C23H25FN4O2S/c1-4-13-28-21(15-30-20-8-6-5-7-19(20)24)26-27-23(28)31-17(3)22(29)25-14-18-11-9-16(2)10-12-18/h4-12,17H,1,13-15H2,2-3H3,(H,25,29). The van der Waals surface area contributed by atoms with Crippen molar-refractivity contribution in [2.75, 3.05) is 0 Å². The smallest absolute Gasteiger partial charge is 0.233 e. The molecule has 1 atom stereocenters. The van der Waals surface area contributed by atoms with Crippen LogP contribution in [0, 0.1) is 12.7 Å². The molecule has 1 amide bonds. The van der Waals surface area contributed by atoms with Gasteiger partial charge in [-0.3, -0.25) is 9.36 Å². The zero-order chi connectivity index (χ0) is 22.2. The Morgan fingerprint density at radius 2 is 2.00 bits per heavy atom. The van der Waals surface area contributed by atoms with Gasteiger partial charge in [-0.05, 0) is 31.5 Å². The molecule has 1 aromatic heterocycles. The number of hydrogen-bond acceptors (Lipinski definition) is 5. The predicted octanol–water partition coefficient (Wildman–Crippen LogP) is 4.29. The molecule has 31 heavy (non-hydrogen) atoms. The monoisotopic (exact) mass is 440 g/mol. The average Bonchev–Trinajstić information content (AvgIpc) is 3.14. The summed E-state index contributed by atoms with van der Waals surface area (Å²) in [5, 5.41) is 11.5. The number of hydrogen-bond donors (Lipinski definition) is 1. The molecule has 3 rings (SSSR count). The minimum atomic E-state index is -0.439. The molecular formula is C23H25FN4O2S. The zero-order valence-corrected chi connectivity index (χ0v) is 18.4. The Balaban J connectivity index is 1.61. The Hall–Kier alpha value is -3.13. The van der Waals surface area contributed by atoms with Crippen LogP contribution in [-0.4, -0.2) is 25.9 Å². The quantitative estimate of drug-likeness (QED) is 0.376. The molecule has 0 aliphatic carbocycles. The van der Waals surface area contributed by atoms with E-state index in [0.717, 1.165) is 5.56 Å². The zero-order valence-electron chi connectivity index (χ0n) is 17.5. The van der Waals surface area contributed by atoms with Gasteiger partial charge >= 0.3 is 0 Å². The second kappa shape index (κ2) is 10.8.